The first-order valence-corrected chi connectivity index (χ1v) is 5.31. The molecule has 1 aliphatic heterocycles. The van der Waals surface area contributed by atoms with Gasteiger partial charge in [-0.15, -0.1) is 0 Å². The Kier molecular flexibility index (Phi) is 5.01. The van der Waals surface area contributed by atoms with Crippen LogP contribution in [-0.4, -0.2) is 43.3 Å². The Balaban J connectivity index is 2.18. The van der Waals surface area contributed by atoms with E-state index in [9.17, 15) is 0 Å². The quantitative estimate of drug-likeness (QED) is 0.658. The maximum atomic E-state index is 5.50. The third kappa shape index (κ3) is 3.87. The molecule has 0 saturated carbocycles. The molecule has 1 heterocycles. The van der Waals surface area contributed by atoms with Crippen molar-refractivity contribution in [1.29, 1.82) is 0 Å². The van der Waals surface area contributed by atoms with Crippen LogP contribution >= 0.6 is 0 Å². The summed E-state index contributed by atoms with van der Waals surface area (Å²) >= 11 is 0. The van der Waals surface area contributed by atoms with Gasteiger partial charge in [0.05, 0.1) is 6.04 Å². The van der Waals surface area contributed by atoms with Crippen LogP contribution < -0.4 is 5.73 Å². The van der Waals surface area contributed by atoms with Gasteiger partial charge >= 0.3 is 0 Å². The van der Waals surface area contributed by atoms with Gasteiger partial charge in [0.1, 0.15) is 0 Å². The summed E-state index contributed by atoms with van der Waals surface area (Å²) in [5.41, 5.74) is 5.50. The fourth-order valence-corrected chi connectivity index (χ4v) is 1.73. The van der Waals surface area contributed by atoms with Crippen molar-refractivity contribution in [2.24, 2.45) is 10.7 Å². The first kappa shape index (κ1) is 10.7. The summed E-state index contributed by atoms with van der Waals surface area (Å²) in [6.07, 6.45) is 5.51. The highest BCUT2D eigenvalue weighted by molar-refractivity contribution is 5.56. The Morgan fingerprint density at radius 2 is 2.15 bits per heavy atom. The molecule has 76 valence electrons. The van der Waals surface area contributed by atoms with Crippen LogP contribution in [-0.2, 0) is 0 Å². The number of nitrogens with two attached hydrogens (primary N) is 1. The molecule has 2 N–H and O–H groups in total. The van der Waals surface area contributed by atoms with Crippen molar-refractivity contribution >= 4 is 6.21 Å². The summed E-state index contributed by atoms with van der Waals surface area (Å²) < 4.78 is 0. The predicted octanol–water partition coefficient (Wildman–Crippen LogP) is 0.890. The lowest BCUT2D eigenvalue weighted by Gasteiger charge is -2.29. The van der Waals surface area contributed by atoms with Crippen molar-refractivity contribution in [3.8, 4) is 0 Å². The van der Waals surface area contributed by atoms with Gasteiger partial charge in [-0.05, 0) is 25.5 Å². The van der Waals surface area contributed by atoms with Gasteiger partial charge in [0.2, 0.25) is 0 Å². The number of likely N-dealkylation sites (tertiary alicyclic amines) is 1. The second-order valence-electron chi connectivity index (χ2n) is 3.60. The first-order chi connectivity index (χ1) is 6.36. The topological polar surface area (TPSA) is 41.6 Å². The second kappa shape index (κ2) is 6.11. The van der Waals surface area contributed by atoms with Crippen LogP contribution in [0, 0.1) is 0 Å². The lowest BCUT2D eigenvalue weighted by Crippen LogP contribution is -2.38. The van der Waals surface area contributed by atoms with Gasteiger partial charge in [0.25, 0.3) is 0 Å². The molecule has 0 unspecified atom stereocenters. The molecule has 13 heavy (non-hydrogen) atoms. The van der Waals surface area contributed by atoms with Crippen LogP contribution in [0.15, 0.2) is 4.99 Å². The van der Waals surface area contributed by atoms with Gasteiger partial charge in [0.15, 0.2) is 0 Å². The molecule has 1 rings (SSSR count). The summed E-state index contributed by atoms with van der Waals surface area (Å²) in [6.45, 7) is 6.30. The molecule has 3 heteroatoms. The maximum Gasteiger partial charge on any atom is 0.0520 e. The van der Waals surface area contributed by atoms with Crippen molar-refractivity contribution < 1.29 is 0 Å². The molecule has 0 aromatic heterocycles. The van der Waals surface area contributed by atoms with Gasteiger partial charge in [-0.2, -0.15) is 0 Å². The van der Waals surface area contributed by atoms with Crippen molar-refractivity contribution in [3.63, 3.8) is 0 Å². The number of piperidine rings is 1. The SMILES string of the molecule is CC/C=N\C1CCN(CCN)CC1. The molecule has 0 radical (unpaired) electrons. The van der Waals surface area contributed by atoms with Crippen LogP contribution in [0.5, 0.6) is 0 Å². The Morgan fingerprint density at radius 3 is 2.69 bits per heavy atom. The molecule has 1 saturated heterocycles. The van der Waals surface area contributed by atoms with Crippen molar-refractivity contribution in [2.45, 2.75) is 32.2 Å². The first-order valence-electron chi connectivity index (χ1n) is 5.31. The van der Waals surface area contributed by atoms with Crippen LogP contribution in [0.4, 0.5) is 0 Å². The number of hydrogen-bond donors (Lipinski definition) is 1. The number of rotatable bonds is 4. The molecule has 0 bridgehead atoms. The maximum absolute atomic E-state index is 5.50. The summed E-state index contributed by atoms with van der Waals surface area (Å²) in [7, 11) is 0. The molecule has 0 aliphatic carbocycles. The van der Waals surface area contributed by atoms with E-state index >= 15 is 0 Å². The van der Waals surface area contributed by atoms with E-state index in [4.69, 9.17) is 5.73 Å². The molecule has 1 aliphatic rings. The molecular weight excluding hydrogens is 162 g/mol. The number of aliphatic imine (C=N–C) groups is 1. The van der Waals surface area contributed by atoms with Crippen LogP contribution in [0.1, 0.15) is 26.2 Å². The molecule has 0 aromatic carbocycles. The van der Waals surface area contributed by atoms with E-state index in [1.807, 2.05) is 6.21 Å². The molecule has 0 atom stereocenters. The normalized spacial score (nSPS) is 21.4. The molecule has 0 spiro atoms. The standard InChI is InChI=1S/C10H21N3/c1-2-6-12-10-3-7-13(8-4-10)9-5-11/h6,10H,2-5,7-9,11H2,1H3/b12-6-. The van der Waals surface area contributed by atoms with Gasteiger partial charge < -0.3 is 10.6 Å². The average Bonchev–Trinajstić information content (AvgIpc) is 2.17. The molecule has 0 aromatic rings. The summed E-state index contributed by atoms with van der Waals surface area (Å²) in [5, 5.41) is 0. The summed E-state index contributed by atoms with van der Waals surface area (Å²) in [6, 6.07) is 0.578. The Hall–Kier alpha value is -0.410. The largest absolute Gasteiger partial charge is 0.329 e. The van der Waals surface area contributed by atoms with Crippen molar-refractivity contribution in [1.82, 2.24) is 4.90 Å². The smallest absolute Gasteiger partial charge is 0.0520 e. The van der Waals surface area contributed by atoms with Crippen LogP contribution in [0.25, 0.3) is 0 Å². The van der Waals surface area contributed by atoms with Crippen LogP contribution in [0.2, 0.25) is 0 Å². The Bertz CT molecular complexity index is 148. The zero-order valence-corrected chi connectivity index (χ0v) is 8.58. The average molecular weight is 183 g/mol. The zero-order chi connectivity index (χ0) is 9.52. The highest BCUT2D eigenvalue weighted by Gasteiger charge is 2.16. The van der Waals surface area contributed by atoms with Gasteiger partial charge in [-0.3, -0.25) is 4.99 Å². The monoisotopic (exact) mass is 183 g/mol. The van der Waals surface area contributed by atoms with E-state index < -0.39 is 0 Å². The summed E-state index contributed by atoms with van der Waals surface area (Å²) in [5.74, 6) is 0. The summed E-state index contributed by atoms with van der Waals surface area (Å²) in [4.78, 5) is 6.94. The Morgan fingerprint density at radius 1 is 1.46 bits per heavy atom. The third-order valence-electron chi connectivity index (χ3n) is 2.50. The Labute approximate surface area is 81.0 Å². The lowest BCUT2D eigenvalue weighted by atomic mass is 10.1. The van der Waals surface area contributed by atoms with Gasteiger partial charge in [-0.25, -0.2) is 0 Å². The zero-order valence-electron chi connectivity index (χ0n) is 8.58. The van der Waals surface area contributed by atoms with Crippen LogP contribution in [0.3, 0.4) is 0 Å². The minimum atomic E-state index is 0.578. The van der Waals surface area contributed by atoms with Crippen molar-refractivity contribution in [2.75, 3.05) is 26.2 Å². The van der Waals surface area contributed by atoms with Gasteiger partial charge in [-0.1, -0.05) is 6.92 Å². The van der Waals surface area contributed by atoms with Gasteiger partial charge in [0, 0.05) is 26.2 Å². The fourth-order valence-electron chi connectivity index (χ4n) is 1.73. The molecule has 0 amide bonds. The molecule has 3 nitrogen and oxygen atoms in total. The van der Waals surface area contributed by atoms with E-state index in [1.165, 1.54) is 25.9 Å². The minimum Gasteiger partial charge on any atom is -0.329 e. The second-order valence-corrected chi connectivity index (χ2v) is 3.60. The predicted molar refractivity (Wildman–Crippen MR) is 57.3 cm³/mol. The minimum absolute atomic E-state index is 0.578. The number of nitrogens with zero attached hydrogens (tertiary/aromatic N) is 2. The van der Waals surface area contributed by atoms with Crippen molar-refractivity contribution in [3.05, 3.63) is 0 Å². The van der Waals surface area contributed by atoms with E-state index in [-0.39, 0.29) is 0 Å². The fraction of sp³-hybridized carbons (Fsp3) is 0.900. The van der Waals surface area contributed by atoms with E-state index in [1.54, 1.807) is 0 Å². The molecule has 1 fully saturated rings. The molecular formula is C10H21N3. The van der Waals surface area contributed by atoms with E-state index in [2.05, 4.69) is 16.8 Å². The van der Waals surface area contributed by atoms with E-state index in [0.29, 0.717) is 6.04 Å². The third-order valence-corrected chi connectivity index (χ3v) is 2.50. The highest BCUT2D eigenvalue weighted by atomic mass is 15.1. The highest BCUT2D eigenvalue weighted by Crippen LogP contribution is 2.12. The lowest BCUT2D eigenvalue weighted by molar-refractivity contribution is 0.219. The van der Waals surface area contributed by atoms with E-state index in [0.717, 1.165) is 19.5 Å². The number of hydrogen-bond acceptors (Lipinski definition) is 3.